The summed E-state index contributed by atoms with van der Waals surface area (Å²) in [6.45, 7) is 7.00. The largest absolute Gasteiger partial charge is 0.484 e. The fourth-order valence-electron chi connectivity index (χ4n) is 2.73. The summed E-state index contributed by atoms with van der Waals surface area (Å²) >= 11 is 12.0. The zero-order valence-electron chi connectivity index (χ0n) is 17.9. The summed E-state index contributed by atoms with van der Waals surface area (Å²) in [5.74, 6) is 0.382. The predicted octanol–water partition coefficient (Wildman–Crippen LogP) is 5.02. The average molecular weight is 479 g/mol. The Morgan fingerprint density at radius 2 is 1.97 bits per heavy atom. The minimum absolute atomic E-state index is 0.0728. The summed E-state index contributed by atoms with van der Waals surface area (Å²) in [7, 11) is 0. The molecular weight excluding hydrogens is 455 g/mol. The minimum Gasteiger partial charge on any atom is -0.484 e. The highest BCUT2D eigenvalue weighted by Crippen LogP contribution is 2.28. The van der Waals surface area contributed by atoms with Gasteiger partial charge in [-0.3, -0.25) is 14.3 Å². The van der Waals surface area contributed by atoms with Gasteiger partial charge < -0.3 is 19.8 Å². The molecule has 1 aromatic carbocycles. The van der Waals surface area contributed by atoms with Crippen molar-refractivity contribution in [3.63, 3.8) is 0 Å². The molecule has 0 atom stereocenters. The molecule has 0 spiro atoms. The van der Waals surface area contributed by atoms with Crippen LogP contribution < -0.4 is 15.4 Å². The van der Waals surface area contributed by atoms with Crippen LogP contribution in [0, 0.1) is 5.92 Å². The average Bonchev–Trinajstić information content (AvgIpc) is 3.38. The fourth-order valence-corrected chi connectivity index (χ4v) is 3.19. The summed E-state index contributed by atoms with van der Waals surface area (Å²) in [6.07, 6.45) is 1.61. The maximum absolute atomic E-state index is 12.7. The number of ether oxygens (including phenoxy) is 1. The zero-order chi connectivity index (χ0) is 23.3. The number of aromatic nitrogens is 2. The molecule has 32 heavy (non-hydrogen) atoms. The Balaban J connectivity index is 1.67. The lowest BCUT2D eigenvalue weighted by atomic mass is 10.2. The first-order valence-electron chi connectivity index (χ1n) is 10.1. The summed E-state index contributed by atoms with van der Waals surface area (Å²) in [4.78, 5) is 25.2. The molecule has 10 heteroatoms. The second-order valence-corrected chi connectivity index (χ2v) is 8.28. The summed E-state index contributed by atoms with van der Waals surface area (Å²) in [6, 6.07) is 8.04. The molecule has 0 fully saturated rings. The van der Waals surface area contributed by atoms with E-state index in [1.807, 2.05) is 20.8 Å². The molecule has 8 nitrogen and oxygen atoms in total. The van der Waals surface area contributed by atoms with E-state index in [1.165, 1.54) is 6.07 Å². The van der Waals surface area contributed by atoms with Gasteiger partial charge in [0, 0.05) is 24.3 Å². The van der Waals surface area contributed by atoms with E-state index < -0.39 is 5.91 Å². The number of anilines is 1. The molecule has 0 aliphatic carbocycles. The standard InChI is InChI=1S/C22H24Cl2N4O4/c1-4-28-11-17(20(27-28)22(30)25-10-13(2)3)26-21(29)19-8-6-15(32-19)12-31-18-7-5-14(23)9-16(18)24/h5-9,11,13H,4,10,12H2,1-3H3,(H,25,30)(H,26,29). The van der Waals surface area contributed by atoms with Gasteiger partial charge in [0.15, 0.2) is 11.5 Å². The third kappa shape index (κ3) is 6.05. The molecule has 2 N–H and O–H groups in total. The van der Waals surface area contributed by atoms with Crippen LogP contribution in [-0.4, -0.2) is 28.1 Å². The van der Waals surface area contributed by atoms with Crippen LogP contribution in [0.5, 0.6) is 5.75 Å². The number of nitrogens with one attached hydrogen (secondary N) is 2. The van der Waals surface area contributed by atoms with Crippen molar-refractivity contribution in [1.82, 2.24) is 15.1 Å². The second-order valence-electron chi connectivity index (χ2n) is 7.43. The lowest BCUT2D eigenvalue weighted by Crippen LogP contribution is -2.28. The predicted molar refractivity (Wildman–Crippen MR) is 123 cm³/mol. The van der Waals surface area contributed by atoms with Crippen LogP contribution in [0.2, 0.25) is 10.0 Å². The van der Waals surface area contributed by atoms with E-state index in [1.54, 1.807) is 35.1 Å². The van der Waals surface area contributed by atoms with Gasteiger partial charge in [-0.25, -0.2) is 0 Å². The molecule has 170 valence electrons. The van der Waals surface area contributed by atoms with E-state index >= 15 is 0 Å². The Hall–Kier alpha value is -2.97. The number of aryl methyl sites for hydroxylation is 1. The maximum atomic E-state index is 12.7. The molecule has 0 aliphatic heterocycles. The molecular formula is C22H24Cl2N4O4. The molecule has 2 heterocycles. The van der Waals surface area contributed by atoms with Crippen molar-refractivity contribution in [2.24, 2.45) is 5.92 Å². The number of hydrogen-bond acceptors (Lipinski definition) is 5. The molecule has 2 amide bonds. The van der Waals surface area contributed by atoms with E-state index in [2.05, 4.69) is 15.7 Å². The van der Waals surface area contributed by atoms with Crippen LogP contribution in [0.4, 0.5) is 5.69 Å². The first kappa shape index (κ1) is 23.7. The van der Waals surface area contributed by atoms with Crippen LogP contribution in [0.1, 0.15) is 47.6 Å². The Bertz CT molecular complexity index is 1110. The molecule has 0 saturated carbocycles. The molecule has 3 aromatic rings. The highest BCUT2D eigenvalue weighted by molar-refractivity contribution is 6.35. The molecule has 0 saturated heterocycles. The Labute approximate surface area is 195 Å². The van der Waals surface area contributed by atoms with Crippen LogP contribution in [-0.2, 0) is 13.2 Å². The van der Waals surface area contributed by atoms with E-state index in [0.717, 1.165) is 0 Å². The van der Waals surface area contributed by atoms with Gasteiger partial charge in [0.1, 0.15) is 18.1 Å². The van der Waals surface area contributed by atoms with Gasteiger partial charge in [-0.2, -0.15) is 5.10 Å². The number of furan rings is 1. The number of carbonyl (C=O) groups excluding carboxylic acids is 2. The normalized spacial score (nSPS) is 10.9. The number of hydrogen-bond donors (Lipinski definition) is 2. The van der Waals surface area contributed by atoms with Crippen molar-refractivity contribution >= 4 is 40.7 Å². The summed E-state index contributed by atoms with van der Waals surface area (Å²) in [5.41, 5.74) is 0.452. The van der Waals surface area contributed by atoms with Gasteiger partial charge in [-0.1, -0.05) is 37.0 Å². The molecule has 0 radical (unpaired) electrons. The van der Waals surface area contributed by atoms with Crippen molar-refractivity contribution in [3.05, 3.63) is 63.8 Å². The smallest absolute Gasteiger partial charge is 0.291 e. The monoisotopic (exact) mass is 478 g/mol. The van der Waals surface area contributed by atoms with Crippen molar-refractivity contribution in [2.75, 3.05) is 11.9 Å². The van der Waals surface area contributed by atoms with Gasteiger partial charge in [-0.05, 0) is 43.2 Å². The van der Waals surface area contributed by atoms with Gasteiger partial charge in [0.25, 0.3) is 11.8 Å². The van der Waals surface area contributed by atoms with E-state index in [4.69, 9.17) is 32.4 Å². The van der Waals surface area contributed by atoms with Gasteiger partial charge in [0.2, 0.25) is 0 Å². The van der Waals surface area contributed by atoms with Gasteiger partial charge in [-0.15, -0.1) is 0 Å². The third-order valence-electron chi connectivity index (χ3n) is 4.37. The third-order valence-corrected chi connectivity index (χ3v) is 4.90. The minimum atomic E-state index is -0.505. The first-order valence-corrected chi connectivity index (χ1v) is 10.9. The number of carbonyl (C=O) groups is 2. The molecule has 0 aliphatic rings. The molecule has 0 unspecified atom stereocenters. The Morgan fingerprint density at radius 1 is 1.19 bits per heavy atom. The number of halogens is 2. The topological polar surface area (TPSA) is 98.4 Å². The van der Waals surface area contributed by atoms with Crippen molar-refractivity contribution in [1.29, 1.82) is 0 Å². The van der Waals surface area contributed by atoms with Crippen LogP contribution in [0.15, 0.2) is 40.9 Å². The van der Waals surface area contributed by atoms with Crippen LogP contribution in [0.3, 0.4) is 0 Å². The Morgan fingerprint density at radius 3 is 2.66 bits per heavy atom. The van der Waals surface area contributed by atoms with Crippen LogP contribution >= 0.6 is 23.2 Å². The number of amides is 2. The van der Waals surface area contributed by atoms with E-state index in [0.29, 0.717) is 40.3 Å². The highest BCUT2D eigenvalue weighted by Gasteiger charge is 2.20. The molecule has 3 rings (SSSR count). The van der Waals surface area contributed by atoms with Crippen molar-refractivity contribution in [2.45, 2.75) is 33.9 Å². The zero-order valence-corrected chi connectivity index (χ0v) is 19.5. The summed E-state index contributed by atoms with van der Waals surface area (Å²) < 4.78 is 12.8. The summed E-state index contributed by atoms with van der Waals surface area (Å²) in [5, 5.41) is 10.6. The first-order chi connectivity index (χ1) is 15.3. The maximum Gasteiger partial charge on any atom is 0.291 e. The number of rotatable bonds is 9. The quantitative estimate of drug-likeness (QED) is 0.449. The highest BCUT2D eigenvalue weighted by atomic mass is 35.5. The fraction of sp³-hybridized carbons (Fsp3) is 0.318. The van der Waals surface area contributed by atoms with Gasteiger partial charge >= 0.3 is 0 Å². The SMILES string of the molecule is CCn1cc(NC(=O)c2ccc(COc3ccc(Cl)cc3Cl)o2)c(C(=O)NCC(C)C)n1. The second kappa shape index (κ2) is 10.6. The van der Waals surface area contributed by atoms with Crippen LogP contribution in [0.25, 0.3) is 0 Å². The lowest BCUT2D eigenvalue weighted by molar-refractivity contribution is 0.0944. The van der Waals surface area contributed by atoms with E-state index in [-0.39, 0.29) is 29.9 Å². The number of nitrogens with zero attached hydrogens (tertiary/aromatic N) is 2. The molecule has 2 aromatic heterocycles. The Kier molecular flexibility index (Phi) is 7.82. The van der Waals surface area contributed by atoms with Gasteiger partial charge in [0.05, 0.1) is 10.7 Å². The lowest BCUT2D eigenvalue weighted by Gasteiger charge is -2.08. The number of benzene rings is 1. The van der Waals surface area contributed by atoms with Crippen molar-refractivity contribution in [3.8, 4) is 5.75 Å². The molecule has 0 bridgehead atoms. The van der Waals surface area contributed by atoms with Crippen molar-refractivity contribution < 1.29 is 18.7 Å². The van der Waals surface area contributed by atoms with E-state index in [9.17, 15) is 9.59 Å².